The minimum absolute atomic E-state index is 0.205. The number of halogens is 1. The number of carboxylic acid groups (broad SMARTS) is 1. The monoisotopic (exact) mass is 254 g/mol. The molecule has 1 saturated carbocycles. The summed E-state index contributed by atoms with van der Waals surface area (Å²) in [6.45, 7) is 1.20. The van der Waals surface area contributed by atoms with E-state index in [9.17, 15) is 4.79 Å². The Morgan fingerprint density at radius 2 is 2.24 bits per heavy atom. The number of benzene rings is 1. The summed E-state index contributed by atoms with van der Waals surface area (Å²) in [6, 6.07) is 4.72. The molecular weight excluding hydrogens is 240 g/mol. The van der Waals surface area contributed by atoms with Gasteiger partial charge in [-0.15, -0.1) is 0 Å². The lowest BCUT2D eigenvalue weighted by molar-refractivity contribution is 0.0696. The van der Waals surface area contributed by atoms with Crippen LogP contribution in [0.2, 0.25) is 5.02 Å². The van der Waals surface area contributed by atoms with Crippen molar-refractivity contribution in [1.82, 2.24) is 0 Å². The predicted molar refractivity (Wildman–Crippen MR) is 65.4 cm³/mol. The number of hydrogen-bond acceptors (Lipinski definition) is 2. The van der Waals surface area contributed by atoms with E-state index >= 15 is 0 Å². The van der Waals surface area contributed by atoms with Crippen molar-refractivity contribution in [2.24, 2.45) is 5.92 Å². The first-order valence-corrected chi connectivity index (χ1v) is 6.14. The average Bonchev–Trinajstić information content (AvgIpc) is 3.09. The zero-order chi connectivity index (χ0) is 12.3. The standard InChI is InChI=1S/C13H15ClO3/c14-12-7-10(13(15)16)3-4-11(12)8-17-6-5-9-1-2-9/h3-4,7,9H,1-2,5-6,8H2,(H,15,16). The van der Waals surface area contributed by atoms with Gasteiger partial charge in [-0.2, -0.15) is 0 Å². The van der Waals surface area contributed by atoms with Gasteiger partial charge in [0.05, 0.1) is 12.2 Å². The van der Waals surface area contributed by atoms with Crippen LogP contribution in [0.25, 0.3) is 0 Å². The third-order valence-corrected chi connectivity index (χ3v) is 3.28. The first-order chi connectivity index (χ1) is 8.16. The number of ether oxygens (including phenoxy) is 1. The van der Waals surface area contributed by atoms with Gasteiger partial charge in [-0.3, -0.25) is 0 Å². The van der Waals surface area contributed by atoms with Crippen LogP contribution in [0.1, 0.15) is 35.2 Å². The first-order valence-electron chi connectivity index (χ1n) is 5.76. The second-order valence-electron chi connectivity index (χ2n) is 4.40. The summed E-state index contributed by atoms with van der Waals surface area (Å²) >= 11 is 5.98. The van der Waals surface area contributed by atoms with E-state index in [0.29, 0.717) is 11.6 Å². The zero-order valence-corrected chi connectivity index (χ0v) is 10.2. The molecule has 0 atom stereocenters. The van der Waals surface area contributed by atoms with E-state index in [-0.39, 0.29) is 5.56 Å². The Hall–Kier alpha value is -1.06. The van der Waals surface area contributed by atoms with Crippen molar-refractivity contribution < 1.29 is 14.6 Å². The van der Waals surface area contributed by atoms with Gasteiger partial charge < -0.3 is 9.84 Å². The topological polar surface area (TPSA) is 46.5 Å². The molecule has 92 valence electrons. The molecule has 0 saturated heterocycles. The minimum Gasteiger partial charge on any atom is -0.478 e. The molecule has 0 aromatic heterocycles. The highest BCUT2D eigenvalue weighted by Crippen LogP contribution is 2.32. The highest BCUT2D eigenvalue weighted by molar-refractivity contribution is 6.31. The summed E-state index contributed by atoms with van der Waals surface area (Å²) in [5.74, 6) is -0.104. The number of carboxylic acids is 1. The van der Waals surface area contributed by atoms with Crippen LogP contribution < -0.4 is 0 Å². The molecule has 0 amide bonds. The lowest BCUT2D eigenvalue weighted by Gasteiger charge is -2.06. The Kier molecular flexibility index (Phi) is 4.02. The van der Waals surface area contributed by atoms with Gasteiger partial charge >= 0.3 is 5.97 Å². The van der Waals surface area contributed by atoms with Crippen LogP contribution in [-0.2, 0) is 11.3 Å². The summed E-state index contributed by atoms with van der Waals surface area (Å²) in [7, 11) is 0. The number of rotatable bonds is 6. The third-order valence-electron chi connectivity index (χ3n) is 2.92. The molecule has 0 heterocycles. The van der Waals surface area contributed by atoms with Crippen LogP contribution in [0.4, 0.5) is 0 Å². The lowest BCUT2D eigenvalue weighted by Crippen LogP contribution is -2.00. The normalized spacial score (nSPS) is 14.9. The Morgan fingerprint density at radius 3 is 2.82 bits per heavy atom. The summed E-state index contributed by atoms with van der Waals surface area (Å²) < 4.78 is 5.52. The van der Waals surface area contributed by atoms with Crippen molar-refractivity contribution in [2.75, 3.05) is 6.61 Å². The van der Waals surface area contributed by atoms with Crippen LogP contribution >= 0.6 is 11.6 Å². The second kappa shape index (κ2) is 5.52. The smallest absolute Gasteiger partial charge is 0.335 e. The fourth-order valence-corrected chi connectivity index (χ4v) is 1.87. The maximum absolute atomic E-state index is 10.7. The van der Waals surface area contributed by atoms with E-state index in [1.165, 1.54) is 18.9 Å². The van der Waals surface area contributed by atoms with Gasteiger partial charge in [0.2, 0.25) is 0 Å². The fourth-order valence-electron chi connectivity index (χ4n) is 1.64. The summed E-state index contributed by atoms with van der Waals surface area (Å²) in [5, 5.41) is 9.25. The van der Waals surface area contributed by atoms with Gasteiger partial charge in [0.1, 0.15) is 0 Å². The molecule has 1 N–H and O–H groups in total. The predicted octanol–water partition coefficient (Wildman–Crippen LogP) is 3.35. The van der Waals surface area contributed by atoms with E-state index < -0.39 is 5.97 Å². The molecule has 1 aliphatic rings. The number of hydrogen-bond donors (Lipinski definition) is 1. The molecule has 1 fully saturated rings. The molecule has 0 unspecified atom stereocenters. The lowest BCUT2D eigenvalue weighted by atomic mass is 10.1. The van der Waals surface area contributed by atoms with Crippen molar-refractivity contribution in [1.29, 1.82) is 0 Å². The van der Waals surface area contributed by atoms with Gasteiger partial charge in [-0.05, 0) is 30.0 Å². The van der Waals surface area contributed by atoms with Crippen LogP contribution in [0.15, 0.2) is 18.2 Å². The van der Waals surface area contributed by atoms with Gasteiger partial charge in [0.25, 0.3) is 0 Å². The fraction of sp³-hybridized carbons (Fsp3) is 0.462. The van der Waals surface area contributed by atoms with Crippen molar-refractivity contribution in [3.8, 4) is 0 Å². The summed E-state index contributed by atoms with van der Waals surface area (Å²) in [4.78, 5) is 10.7. The van der Waals surface area contributed by atoms with Crippen molar-refractivity contribution in [2.45, 2.75) is 25.9 Å². The summed E-state index contributed by atoms with van der Waals surface area (Å²) in [5.41, 5.74) is 1.05. The highest BCUT2D eigenvalue weighted by atomic mass is 35.5. The van der Waals surface area contributed by atoms with E-state index in [4.69, 9.17) is 21.4 Å². The largest absolute Gasteiger partial charge is 0.478 e. The van der Waals surface area contributed by atoms with Crippen LogP contribution in [0, 0.1) is 5.92 Å². The molecule has 0 spiro atoms. The Balaban J connectivity index is 1.84. The SMILES string of the molecule is O=C(O)c1ccc(COCCC2CC2)c(Cl)c1. The van der Waals surface area contributed by atoms with E-state index in [2.05, 4.69) is 0 Å². The Bertz CT molecular complexity index is 413. The van der Waals surface area contributed by atoms with Crippen molar-refractivity contribution in [3.05, 3.63) is 34.3 Å². The molecule has 2 rings (SSSR count). The highest BCUT2D eigenvalue weighted by Gasteiger charge is 2.20. The van der Waals surface area contributed by atoms with Gasteiger partial charge in [0, 0.05) is 11.6 Å². The number of carbonyl (C=O) groups is 1. The molecule has 1 aliphatic carbocycles. The third kappa shape index (κ3) is 3.72. The molecule has 0 bridgehead atoms. The Labute approximate surface area is 105 Å². The second-order valence-corrected chi connectivity index (χ2v) is 4.80. The Morgan fingerprint density at radius 1 is 1.47 bits per heavy atom. The van der Waals surface area contributed by atoms with Crippen LogP contribution in [0.3, 0.4) is 0 Å². The molecule has 4 heteroatoms. The van der Waals surface area contributed by atoms with E-state index in [1.807, 2.05) is 0 Å². The first kappa shape index (κ1) is 12.4. The quantitative estimate of drug-likeness (QED) is 0.792. The van der Waals surface area contributed by atoms with Crippen LogP contribution in [-0.4, -0.2) is 17.7 Å². The van der Waals surface area contributed by atoms with Gasteiger partial charge in [-0.25, -0.2) is 4.79 Å². The molecule has 0 radical (unpaired) electrons. The molecule has 17 heavy (non-hydrogen) atoms. The van der Waals surface area contributed by atoms with E-state index in [0.717, 1.165) is 24.5 Å². The molecular formula is C13H15ClO3. The maximum atomic E-state index is 10.7. The van der Waals surface area contributed by atoms with Gasteiger partial charge in [0.15, 0.2) is 0 Å². The van der Waals surface area contributed by atoms with Crippen LogP contribution in [0.5, 0.6) is 0 Å². The molecule has 1 aromatic carbocycles. The minimum atomic E-state index is -0.965. The van der Waals surface area contributed by atoms with E-state index in [1.54, 1.807) is 12.1 Å². The van der Waals surface area contributed by atoms with Crippen molar-refractivity contribution in [3.63, 3.8) is 0 Å². The average molecular weight is 255 g/mol. The molecule has 0 aliphatic heterocycles. The maximum Gasteiger partial charge on any atom is 0.335 e. The number of aromatic carboxylic acids is 1. The zero-order valence-electron chi connectivity index (χ0n) is 9.49. The molecule has 1 aromatic rings. The van der Waals surface area contributed by atoms with Gasteiger partial charge in [-0.1, -0.05) is 30.5 Å². The van der Waals surface area contributed by atoms with Crippen molar-refractivity contribution >= 4 is 17.6 Å². The molecule has 3 nitrogen and oxygen atoms in total. The summed E-state index contributed by atoms with van der Waals surface area (Å²) in [6.07, 6.45) is 3.78.